The molecule has 5 heteroatoms. The summed E-state index contributed by atoms with van der Waals surface area (Å²) in [6, 6.07) is 0. The third kappa shape index (κ3) is 7.11. The number of aryl methyl sites for hydroxylation is 1. The van der Waals surface area contributed by atoms with E-state index in [-0.39, 0.29) is 12.4 Å². The highest BCUT2D eigenvalue weighted by Crippen LogP contribution is 2.16. The molecule has 1 heterocycles. The van der Waals surface area contributed by atoms with Crippen molar-refractivity contribution in [2.75, 3.05) is 6.61 Å². The summed E-state index contributed by atoms with van der Waals surface area (Å²) < 4.78 is 5.45. The van der Waals surface area contributed by atoms with E-state index in [1.165, 1.54) is 24.1 Å². The Labute approximate surface area is 145 Å². The predicted molar refractivity (Wildman–Crippen MR) is 98.3 cm³/mol. The molecule has 0 saturated carbocycles. The van der Waals surface area contributed by atoms with E-state index in [0.717, 1.165) is 19.3 Å². The maximum atomic E-state index is 12.0. The molecular formula is C19H31N3O2. The number of carbonyl (C=O) groups is 1. The fourth-order valence-electron chi connectivity index (χ4n) is 2.64. The summed E-state index contributed by atoms with van der Waals surface area (Å²) in [5.74, 6) is 0.289. The Morgan fingerprint density at radius 1 is 1.12 bits per heavy atom. The highest BCUT2D eigenvalue weighted by Gasteiger charge is 2.12. The number of esters is 1. The van der Waals surface area contributed by atoms with Crippen LogP contribution >= 0.6 is 0 Å². The molecule has 1 aromatic rings. The number of nitrogens with zero attached hydrogens (tertiary/aromatic N) is 3. The molecule has 24 heavy (non-hydrogen) atoms. The zero-order valence-corrected chi connectivity index (χ0v) is 15.2. The largest absolute Gasteiger partial charge is 0.465 e. The number of hydrogen-bond acceptors (Lipinski definition) is 4. The monoisotopic (exact) mass is 333 g/mol. The molecule has 0 amide bonds. The second-order valence-electron chi connectivity index (χ2n) is 6.06. The average Bonchev–Trinajstić information content (AvgIpc) is 3.00. The van der Waals surface area contributed by atoms with Crippen molar-refractivity contribution in [1.29, 1.82) is 0 Å². The smallest absolute Gasteiger partial charge is 0.307 e. The van der Waals surface area contributed by atoms with Crippen LogP contribution < -0.4 is 0 Å². The first-order chi connectivity index (χ1) is 11.6. The van der Waals surface area contributed by atoms with Crippen molar-refractivity contribution in [1.82, 2.24) is 15.0 Å². The quantitative estimate of drug-likeness (QED) is 0.394. The van der Waals surface area contributed by atoms with E-state index in [9.17, 15) is 4.79 Å². The summed E-state index contributed by atoms with van der Waals surface area (Å²) in [7, 11) is 0. The number of hydrogen-bond donors (Lipinski definition) is 0. The molecule has 1 rings (SSSR count). The van der Waals surface area contributed by atoms with Crippen LogP contribution in [-0.4, -0.2) is 27.6 Å². The molecule has 0 aliphatic rings. The Hall–Kier alpha value is -1.91. The number of rotatable bonds is 13. The number of ether oxygens (including phenoxy) is 1. The minimum Gasteiger partial charge on any atom is -0.465 e. The maximum Gasteiger partial charge on any atom is 0.307 e. The van der Waals surface area contributed by atoms with Crippen molar-refractivity contribution in [2.24, 2.45) is 5.92 Å². The van der Waals surface area contributed by atoms with Gasteiger partial charge in [-0.25, -0.2) is 0 Å². The van der Waals surface area contributed by atoms with E-state index in [1.807, 2.05) is 0 Å². The number of aromatic nitrogens is 3. The molecule has 0 aliphatic carbocycles. The van der Waals surface area contributed by atoms with Gasteiger partial charge in [0.15, 0.2) is 0 Å². The van der Waals surface area contributed by atoms with Crippen LogP contribution in [0.3, 0.4) is 0 Å². The van der Waals surface area contributed by atoms with E-state index in [1.54, 1.807) is 12.2 Å². The summed E-state index contributed by atoms with van der Waals surface area (Å²) in [4.78, 5) is 13.5. The topological polar surface area (TPSA) is 57.0 Å². The Morgan fingerprint density at radius 2 is 1.79 bits per heavy atom. The van der Waals surface area contributed by atoms with Gasteiger partial charge in [0, 0.05) is 0 Å². The second-order valence-corrected chi connectivity index (χ2v) is 6.06. The number of carbonyl (C=O) groups excluding carboxylic acids is 1. The summed E-state index contributed by atoms with van der Waals surface area (Å²) >= 11 is 0. The van der Waals surface area contributed by atoms with E-state index in [2.05, 4.69) is 37.2 Å². The summed E-state index contributed by atoms with van der Waals surface area (Å²) in [5, 5.41) is 8.51. The van der Waals surface area contributed by atoms with Crippen LogP contribution in [0.25, 0.3) is 12.2 Å². The molecule has 0 spiro atoms. The molecular weight excluding hydrogens is 302 g/mol. The van der Waals surface area contributed by atoms with Crippen LogP contribution in [0.15, 0.2) is 13.2 Å². The first-order valence-corrected chi connectivity index (χ1v) is 9.00. The lowest BCUT2D eigenvalue weighted by Gasteiger charge is -2.16. The molecule has 0 bridgehead atoms. The number of unbranched alkanes of at least 4 members (excludes halogenated alkanes) is 2. The molecule has 1 aromatic heterocycles. The third-order valence-electron chi connectivity index (χ3n) is 4.00. The van der Waals surface area contributed by atoms with Crippen LogP contribution in [0.4, 0.5) is 0 Å². The molecule has 0 saturated heterocycles. The van der Waals surface area contributed by atoms with E-state index in [0.29, 0.717) is 30.5 Å². The molecule has 0 aliphatic heterocycles. The molecule has 0 N–H and O–H groups in total. The van der Waals surface area contributed by atoms with Crippen molar-refractivity contribution >= 4 is 18.1 Å². The Bertz CT molecular complexity index is 497. The lowest BCUT2D eigenvalue weighted by Crippen LogP contribution is -2.16. The van der Waals surface area contributed by atoms with Crippen LogP contribution in [0.1, 0.15) is 70.2 Å². The van der Waals surface area contributed by atoms with E-state index >= 15 is 0 Å². The predicted octanol–water partition coefficient (Wildman–Crippen LogP) is 4.49. The van der Waals surface area contributed by atoms with Crippen molar-refractivity contribution in [3.63, 3.8) is 0 Å². The molecule has 0 radical (unpaired) electrons. The highest BCUT2D eigenvalue weighted by atomic mass is 16.5. The maximum absolute atomic E-state index is 12.0. The zero-order chi connectivity index (χ0) is 17.8. The Balaban J connectivity index is 2.37. The van der Waals surface area contributed by atoms with Crippen molar-refractivity contribution < 1.29 is 9.53 Å². The van der Waals surface area contributed by atoms with Crippen molar-refractivity contribution in [3.8, 4) is 0 Å². The minimum absolute atomic E-state index is 0.191. The average molecular weight is 333 g/mol. The van der Waals surface area contributed by atoms with Crippen LogP contribution in [-0.2, 0) is 16.1 Å². The van der Waals surface area contributed by atoms with Gasteiger partial charge in [0.2, 0.25) is 0 Å². The van der Waals surface area contributed by atoms with Gasteiger partial charge in [-0.1, -0.05) is 52.7 Å². The van der Waals surface area contributed by atoms with Gasteiger partial charge >= 0.3 is 5.97 Å². The van der Waals surface area contributed by atoms with Crippen LogP contribution in [0.5, 0.6) is 0 Å². The summed E-state index contributed by atoms with van der Waals surface area (Å²) in [6.07, 6.45) is 10.6. The van der Waals surface area contributed by atoms with Gasteiger partial charge in [-0.15, -0.1) is 0 Å². The highest BCUT2D eigenvalue weighted by molar-refractivity contribution is 5.69. The van der Waals surface area contributed by atoms with Crippen LogP contribution in [0.2, 0.25) is 0 Å². The van der Waals surface area contributed by atoms with Gasteiger partial charge in [-0.2, -0.15) is 15.0 Å². The first-order valence-electron chi connectivity index (χ1n) is 9.00. The molecule has 1 unspecified atom stereocenters. The van der Waals surface area contributed by atoms with Crippen molar-refractivity contribution in [2.45, 2.75) is 65.3 Å². The van der Waals surface area contributed by atoms with Crippen LogP contribution in [0, 0.1) is 5.92 Å². The van der Waals surface area contributed by atoms with Crippen molar-refractivity contribution in [3.05, 3.63) is 24.5 Å². The molecule has 0 fully saturated rings. The van der Waals surface area contributed by atoms with Gasteiger partial charge in [0.1, 0.15) is 11.4 Å². The summed E-state index contributed by atoms with van der Waals surface area (Å²) in [5.41, 5.74) is 1.36. The normalized spacial score (nSPS) is 11.9. The molecule has 0 aromatic carbocycles. The van der Waals surface area contributed by atoms with Gasteiger partial charge < -0.3 is 4.74 Å². The minimum atomic E-state index is -0.191. The fraction of sp³-hybridized carbons (Fsp3) is 0.632. The van der Waals surface area contributed by atoms with Gasteiger partial charge in [0.25, 0.3) is 0 Å². The molecule has 5 nitrogen and oxygen atoms in total. The fourth-order valence-corrected chi connectivity index (χ4v) is 2.64. The first kappa shape index (κ1) is 20.1. The van der Waals surface area contributed by atoms with Gasteiger partial charge in [-0.05, 0) is 30.9 Å². The Kier molecular flexibility index (Phi) is 9.73. The van der Waals surface area contributed by atoms with E-state index in [4.69, 9.17) is 4.74 Å². The SMILES string of the molecule is C=Cc1nn(CCC(=O)OCC(CCC)CCCCC)nc1C=C. The van der Waals surface area contributed by atoms with E-state index < -0.39 is 0 Å². The standard InChI is InChI=1S/C19H31N3O2/c1-5-9-10-12-16(11-6-2)15-24-19(23)13-14-22-20-17(7-3)18(8-4)21-22/h7-8,16H,3-6,9-15H2,1-2H3. The second kappa shape index (κ2) is 11.6. The summed E-state index contributed by atoms with van der Waals surface area (Å²) in [6.45, 7) is 12.7. The molecule has 134 valence electrons. The van der Waals surface area contributed by atoms with Gasteiger partial charge in [-0.3, -0.25) is 4.79 Å². The zero-order valence-electron chi connectivity index (χ0n) is 15.2. The Morgan fingerprint density at radius 3 is 2.33 bits per heavy atom. The lowest BCUT2D eigenvalue weighted by molar-refractivity contribution is -0.145. The van der Waals surface area contributed by atoms with Gasteiger partial charge in [0.05, 0.1) is 19.6 Å². The lowest BCUT2D eigenvalue weighted by atomic mass is 9.97. The third-order valence-corrected chi connectivity index (χ3v) is 4.00. The molecule has 1 atom stereocenters.